The van der Waals surface area contributed by atoms with Crippen molar-refractivity contribution in [1.29, 1.82) is 0 Å². The second kappa shape index (κ2) is 5.10. The van der Waals surface area contributed by atoms with E-state index in [-0.39, 0.29) is 0 Å². The lowest BCUT2D eigenvalue weighted by molar-refractivity contribution is 0.395. The number of nitrogen functional groups attached to an aromatic ring is 1. The molecule has 0 unspecified atom stereocenters. The Hall–Kier alpha value is -1.68. The molecule has 0 saturated carbocycles. The van der Waals surface area contributed by atoms with Crippen molar-refractivity contribution in [3.63, 3.8) is 0 Å². The summed E-state index contributed by atoms with van der Waals surface area (Å²) >= 11 is 1.54. The van der Waals surface area contributed by atoms with Crippen LogP contribution in [-0.4, -0.2) is 12.1 Å². The van der Waals surface area contributed by atoms with Gasteiger partial charge >= 0.3 is 0 Å². The number of hydrogen-bond acceptors (Lipinski definition) is 4. The van der Waals surface area contributed by atoms with Crippen LogP contribution in [0.15, 0.2) is 46.3 Å². The summed E-state index contributed by atoms with van der Waals surface area (Å²) in [6.45, 7) is 2.06. The summed E-state index contributed by atoms with van der Waals surface area (Å²) < 4.78 is 5.09. The summed E-state index contributed by atoms with van der Waals surface area (Å²) in [5.74, 6) is 0.578. The molecule has 0 spiro atoms. The number of anilines is 1. The minimum atomic E-state index is 0.578. The van der Waals surface area contributed by atoms with E-state index in [1.165, 1.54) is 5.56 Å². The van der Waals surface area contributed by atoms with Crippen LogP contribution in [-0.2, 0) is 0 Å². The lowest BCUT2D eigenvalue weighted by Crippen LogP contribution is -1.94. The van der Waals surface area contributed by atoms with E-state index in [0.29, 0.717) is 11.6 Å². The Morgan fingerprint density at radius 3 is 2.76 bits per heavy atom. The highest BCUT2D eigenvalue weighted by molar-refractivity contribution is 7.99. The number of rotatable bonds is 3. The Morgan fingerprint density at radius 2 is 2.06 bits per heavy atom. The molecule has 1 aromatic carbocycles. The zero-order valence-corrected chi connectivity index (χ0v) is 10.6. The number of ether oxygens (including phenoxy) is 1. The van der Waals surface area contributed by atoms with Gasteiger partial charge in [-0.05, 0) is 25.1 Å². The van der Waals surface area contributed by atoms with Crippen LogP contribution in [0.25, 0.3) is 0 Å². The van der Waals surface area contributed by atoms with Gasteiger partial charge in [0, 0.05) is 11.0 Å². The van der Waals surface area contributed by atoms with E-state index < -0.39 is 0 Å². The van der Waals surface area contributed by atoms with Crippen molar-refractivity contribution in [3.8, 4) is 5.88 Å². The first-order chi connectivity index (χ1) is 8.19. The number of pyridine rings is 1. The average Bonchev–Trinajstić information content (AvgIpc) is 2.32. The van der Waals surface area contributed by atoms with E-state index >= 15 is 0 Å². The molecule has 0 radical (unpaired) electrons. The van der Waals surface area contributed by atoms with Gasteiger partial charge in [-0.1, -0.05) is 29.5 Å². The van der Waals surface area contributed by atoms with Gasteiger partial charge in [-0.25, -0.2) is 4.98 Å². The molecule has 4 heteroatoms. The second-order valence-electron chi connectivity index (χ2n) is 3.67. The number of hydrogen-bond donors (Lipinski definition) is 1. The third kappa shape index (κ3) is 2.91. The number of aryl methyl sites for hydroxylation is 1. The molecule has 17 heavy (non-hydrogen) atoms. The van der Waals surface area contributed by atoms with Crippen LogP contribution in [0.3, 0.4) is 0 Å². The maximum Gasteiger partial charge on any atom is 0.214 e. The van der Waals surface area contributed by atoms with Crippen molar-refractivity contribution in [2.24, 2.45) is 0 Å². The van der Waals surface area contributed by atoms with Crippen molar-refractivity contribution >= 4 is 17.4 Å². The molecule has 2 N–H and O–H groups in total. The van der Waals surface area contributed by atoms with Gasteiger partial charge in [0.15, 0.2) is 0 Å². The fourth-order valence-corrected chi connectivity index (χ4v) is 2.36. The SMILES string of the molecule is COc1ccc(N)c(Sc2cccc(C)c2)n1. The first-order valence-electron chi connectivity index (χ1n) is 5.24. The van der Waals surface area contributed by atoms with E-state index in [9.17, 15) is 0 Å². The Kier molecular flexibility index (Phi) is 3.54. The van der Waals surface area contributed by atoms with E-state index in [0.717, 1.165) is 9.92 Å². The van der Waals surface area contributed by atoms with Crippen LogP contribution in [0.1, 0.15) is 5.56 Å². The molecular weight excluding hydrogens is 232 g/mol. The minimum absolute atomic E-state index is 0.578. The van der Waals surface area contributed by atoms with Gasteiger partial charge in [0.2, 0.25) is 5.88 Å². The van der Waals surface area contributed by atoms with Gasteiger partial charge < -0.3 is 10.5 Å². The third-order valence-corrected chi connectivity index (χ3v) is 3.29. The first-order valence-corrected chi connectivity index (χ1v) is 6.06. The molecule has 0 saturated heterocycles. The largest absolute Gasteiger partial charge is 0.481 e. The molecule has 0 aliphatic rings. The zero-order valence-electron chi connectivity index (χ0n) is 9.81. The number of nitrogens with two attached hydrogens (primary N) is 1. The molecule has 3 nitrogen and oxygen atoms in total. The second-order valence-corrected chi connectivity index (χ2v) is 4.73. The Bertz CT molecular complexity index is 529. The Labute approximate surface area is 105 Å². The molecule has 0 aliphatic carbocycles. The van der Waals surface area contributed by atoms with Crippen LogP contribution in [0.2, 0.25) is 0 Å². The Balaban J connectivity index is 2.29. The molecule has 1 heterocycles. The lowest BCUT2D eigenvalue weighted by Gasteiger charge is -2.07. The van der Waals surface area contributed by atoms with Gasteiger partial charge in [-0.2, -0.15) is 0 Å². The predicted octanol–water partition coefficient (Wildman–Crippen LogP) is 3.13. The summed E-state index contributed by atoms with van der Waals surface area (Å²) in [6.07, 6.45) is 0. The van der Waals surface area contributed by atoms with Gasteiger partial charge in [0.1, 0.15) is 5.03 Å². The van der Waals surface area contributed by atoms with Gasteiger partial charge in [0.05, 0.1) is 12.8 Å². The van der Waals surface area contributed by atoms with E-state index in [4.69, 9.17) is 10.5 Å². The normalized spacial score (nSPS) is 10.2. The van der Waals surface area contributed by atoms with Gasteiger partial charge in [-0.3, -0.25) is 0 Å². The van der Waals surface area contributed by atoms with E-state index in [2.05, 4.69) is 24.0 Å². The quantitative estimate of drug-likeness (QED) is 0.904. The van der Waals surface area contributed by atoms with Crippen LogP contribution >= 0.6 is 11.8 Å². The standard InChI is InChI=1S/C13H14N2OS/c1-9-4-3-5-10(8-9)17-13-11(14)6-7-12(15-13)16-2/h3-8H,14H2,1-2H3. The first kappa shape index (κ1) is 11.8. The summed E-state index contributed by atoms with van der Waals surface area (Å²) in [5, 5.41) is 0.773. The summed E-state index contributed by atoms with van der Waals surface area (Å²) in [5.41, 5.74) is 7.77. The predicted molar refractivity (Wildman–Crippen MR) is 70.5 cm³/mol. The molecule has 0 atom stereocenters. The van der Waals surface area contributed by atoms with Crippen molar-refractivity contribution in [2.75, 3.05) is 12.8 Å². The highest BCUT2D eigenvalue weighted by Crippen LogP contribution is 2.32. The van der Waals surface area contributed by atoms with Crippen LogP contribution in [0, 0.1) is 6.92 Å². The highest BCUT2D eigenvalue weighted by atomic mass is 32.2. The highest BCUT2D eigenvalue weighted by Gasteiger charge is 2.05. The average molecular weight is 246 g/mol. The molecule has 0 aliphatic heterocycles. The lowest BCUT2D eigenvalue weighted by atomic mass is 10.2. The van der Waals surface area contributed by atoms with Crippen molar-refractivity contribution < 1.29 is 4.74 Å². The molecule has 2 rings (SSSR count). The van der Waals surface area contributed by atoms with Crippen LogP contribution in [0.5, 0.6) is 5.88 Å². The molecule has 2 aromatic rings. The number of benzene rings is 1. The minimum Gasteiger partial charge on any atom is -0.481 e. The van der Waals surface area contributed by atoms with Gasteiger partial charge in [-0.15, -0.1) is 0 Å². The molecular formula is C13H14N2OS. The number of aromatic nitrogens is 1. The maximum atomic E-state index is 5.89. The van der Waals surface area contributed by atoms with Crippen molar-refractivity contribution in [2.45, 2.75) is 16.8 Å². The molecule has 88 valence electrons. The monoisotopic (exact) mass is 246 g/mol. The smallest absolute Gasteiger partial charge is 0.214 e. The summed E-state index contributed by atoms with van der Waals surface area (Å²) in [4.78, 5) is 5.45. The molecule has 1 aromatic heterocycles. The van der Waals surface area contributed by atoms with Crippen molar-refractivity contribution in [1.82, 2.24) is 4.98 Å². The fraction of sp³-hybridized carbons (Fsp3) is 0.154. The number of nitrogens with zero attached hydrogens (tertiary/aromatic N) is 1. The topological polar surface area (TPSA) is 48.1 Å². The van der Waals surface area contributed by atoms with Crippen molar-refractivity contribution in [3.05, 3.63) is 42.0 Å². The van der Waals surface area contributed by atoms with Crippen LogP contribution < -0.4 is 10.5 Å². The van der Waals surface area contributed by atoms with Crippen LogP contribution in [0.4, 0.5) is 5.69 Å². The fourth-order valence-electron chi connectivity index (χ4n) is 1.42. The third-order valence-electron chi connectivity index (χ3n) is 2.28. The van der Waals surface area contributed by atoms with Gasteiger partial charge in [0.25, 0.3) is 0 Å². The van der Waals surface area contributed by atoms with E-state index in [1.807, 2.05) is 18.2 Å². The zero-order chi connectivity index (χ0) is 12.3. The molecule has 0 fully saturated rings. The summed E-state index contributed by atoms with van der Waals surface area (Å²) in [6, 6.07) is 11.8. The molecule has 0 amide bonds. The number of methoxy groups -OCH3 is 1. The molecule has 0 bridgehead atoms. The maximum absolute atomic E-state index is 5.89. The summed E-state index contributed by atoms with van der Waals surface area (Å²) in [7, 11) is 1.60. The van der Waals surface area contributed by atoms with E-state index in [1.54, 1.807) is 24.9 Å². The Morgan fingerprint density at radius 1 is 1.24 bits per heavy atom.